The van der Waals surface area contributed by atoms with Crippen LogP contribution in [0.1, 0.15) is 4.28 Å². The standard InChI is InChI=1S/2C3H7NO2S.Au/c2*4-2(1-7)3(5)6;/h2*2,7H,1,4H2,(H,5,6);/p-1. The summed E-state index contributed by atoms with van der Waals surface area (Å²) in [6.45, 7) is 0. The van der Waals surface area contributed by atoms with Crippen molar-refractivity contribution in [2.45, 2.75) is 12.1 Å². The molecule has 0 rings (SSSR count). The molecule has 0 spiro atoms. The summed E-state index contributed by atoms with van der Waals surface area (Å²) in [6.07, 6.45) is 0. The Morgan fingerprint density at radius 3 is 1.27 bits per heavy atom. The van der Waals surface area contributed by atoms with Gasteiger partial charge in [-0.3, -0.25) is 0 Å². The first kappa shape index (κ1) is 20.7. The van der Waals surface area contributed by atoms with Crippen molar-refractivity contribution in [1.29, 1.82) is 0 Å². The summed E-state index contributed by atoms with van der Waals surface area (Å²) in [7, 11) is 0. The van der Waals surface area contributed by atoms with Crippen molar-refractivity contribution in [2.24, 2.45) is 11.5 Å². The molecular formula is C6H13AuN2O4S2-. The molecule has 15 heavy (non-hydrogen) atoms. The van der Waals surface area contributed by atoms with E-state index in [9.17, 15) is 19.8 Å². The Bertz CT molecular complexity index is 188. The van der Waals surface area contributed by atoms with Gasteiger partial charge in [0.15, 0.2) is 0 Å². The van der Waals surface area contributed by atoms with Crippen LogP contribution in [0.25, 0.3) is 0 Å². The third-order valence-electron chi connectivity index (χ3n) is 0.965. The second-order valence-corrected chi connectivity index (χ2v) is 2.85. The zero-order chi connectivity index (χ0) is 11.7. The minimum absolute atomic E-state index is 0. The quantitative estimate of drug-likeness (QED) is 0.332. The maximum atomic E-state index is 9.63. The molecule has 0 saturated heterocycles. The molecule has 4 N–H and O–H groups in total. The smallest absolute Gasteiger partial charge is 0.791 e. The number of hydrogen-bond acceptors (Lipinski definition) is 8. The van der Waals surface area contributed by atoms with Gasteiger partial charge in [0.05, 0.1) is 11.9 Å². The molecule has 0 aromatic carbocycles. The first-order chi connectivity index (χ1) is 6.36. The molecule has 0 fully saturated rings. The summed E-state index contributed by atoms with van der Waals surface area (Å²) < 4.78 is 0. The van der Waals surface area contributed by atoms with Crippen LogP contribution in [0.3, 0.4) is 0 Å². The van der Waals surface area contributed by atoms with Gasteiger partial charge in [-0.1, -0.05) is 0 Å². The number of carboxylic acids is 2. The minimum Gasteiger partial charge on any atom is -0.791 e. The predicted molar refractivity (Wildman–Crippen MR) is 53.8 cm³/mol. The normalized spacial score (nSPS) is 12.5. The van der Waals surface area contributed by atoms with E-state index < -0.39 is 24.0 Å². The van der Waals surface area contributed by atoms with Crippen LogP contribution in [0.5, 0.6) is 0 Å². The average Bonchev–Trinajstić information content (AvgIpc) is 2.15. The third-order valence-corrected chi connectivity index (χ3v) is 1.68. The molecule has 6 nitrogen and oxygen atoms in total. The van der Waals surface area contributed by atoms with E-state index in [1.165, 1.54) is 0 Å². The van der Waals surface area contributed by atoms with Crippen molar-refractivity contribution in [3.63, 3.8) is 0 Å². The van der Waals surface area contributed by atoms with Gasteiger partial charge in [0.2, 0.25) is 0 Å². The van der Waals surface area contributed by atoms with Gasteiger partial charge in [0.25, 0.3) is 0 Å². The summed E-state index contributed by atoms with van der Waals surface area (Å²) in [5.74, 6) is -2.53. The summed E-state index contributed by atoms with van der Waals surface area (Å²) >= 11 is 8.61. The largest absolute Gasteiger partial charge is 1.00 e. The molecule has 0 amide bonds. The summed E-state index contributed by atoms with van der Waals surface area (Å²) in [6, 6.07) is -1.95. The van der Waals surface area contributed by atoms with Crippen LogP contribution in [0.15, 0.2) is 0 Å². The Balaban J connectivity index is -0.0000000327. The van der Waals surface area contributed by atoms with Gasteiger partial charge in [0.1, 0.15) is 0 Å². The van der Waals surface area contributed by atoms with Crippen molar-refractivity contribution < 1.29 is 46.5 Å². The number of hydrogen-bond donors (Lipinski definition) is 2. The van der Waals surface area contributed by atoms with Crippen LogP contribution in [0.2, 0.25) is 0 Å². The Morgan fingerprint density at radius 2 is 1.27 bits per heavy atom. The third kappa shape index (κ3) is 14.3. The zero-order valence-corrected chi connectivity index (χ0v) is 11.3. The van der Waals surface area contributed by atoms with Gasteiger partial charge >= 0.3 is 4.28 Å². The topological polar surface area (TPSA) is 132 Å². The van der Waals surface area contributed by atoms with Gasteiger partial charge in [0, 0.05) is 34.5 Å². The van der Waals surface area contributed by atoms with E-state index in [0.717, 1.165) is 0 Å². The number of rotatable bonds is 4. The van der Waals surface area contributed by atoms with Crippen molar-refractivity contribution in [1.82, 2.24) is 0 Å². The molecule has 0 aliphatic carbocycles. The molecule has 2 atom stereocenters. The van der Waals surface area contributed by atoms with Crippen molar-refractivity contribution in [2.75, 3.05) is 11.5 Å². The molecular weight excluding hydrogens is 425 g/mol. The van der Waals surface area contributed by atoms with Gasteiger partial charge in [-0.25, -0.2) is 0 Å². The van der Waals surface area contributed by atoms with E-state index in [1.807, 2.05) is 0 Å². The maximum Gasteiger partial charge on any atom is 1.00 e. The summed E-state index contributed by atoms with van der Waals surface area (Å²) in [5.41, 5.74) is 9.70. The Labute approximate surface area is 119 Å². The molecule has 1 radical (unpaired) electrons. The first-order valence-corrected chi connectivity index (χ1v) is 4.61. The van der Waals surface area contributed by atoms with Crippen LogP contribution >= 0.6 is 0 Å². The molecule has 0 aliphatic heterocycles. The van der Waals surface area contributed by atoms with Gasteiger partial charge in [-0.05, 0) is 0 Å². The molecule has 2 unspecified atom stereocenters. The van der Waals surface area contributed by atoms with Gasteiger partial charge in [-0.2, -0.15) is 11.5 Å². The molecule has 0 aliphatic rings. The summed E-state index contributed by atoms with van der Waals surface area (Å²) in [4.78, 5) is 19.3. The number of carboxylic acid groups (broad SMARTS) is 2. The molecule has 0 aromatic rings. The average molecular weight is 438 g/mol. The SMILES string of the molecule is NC(C[S-])C(=O)[O-].NC(C[S-])C(=O)[O-].[Au].[H+].[H+].[H+]. The second kappa shape index (κ2) is 12.4. The Morgan fingerprint density at radius 1 is 1.07 bits per heavy atom. The fraction of sp³-hybridized carbons (Fsp3) is 0.667. The van der Waals surface area contributed by atoms with Gasteiger partial charge < -0.3 is 56.5 Å². The molecule has 0 aromatic heterocycles. The molecule has 0 bridgehead atoms. The Kier molecular flexibility index (Phi) is 17.1. The first-order valence-electron chi connectivity index (χ1n) is 3.45. The van der Waals surface area contributed by atoms with E-state index >= 15 is 0 Å². The van der Waals surface area contributed by atoms with E-state index in [-0.39, 0.29) is 38.2 Å². The second-order valence-electron chi connectivity index (χ2n) is 2.18. The predicted octanol–water partition coefficient (Wildman–Crippen LogP) is -4.44. The number of carbonyl (C=O) groups excluding carboxylic acids is 2. The zero-order valence-electron chi connectivity index (χ0n) is 10.5. The molecule has 0 heterocycles. The van der Waals surface area contributed by atoms with Crippen LogP contribution in [0.4, 0.5) is 0 Å². The van der Waals surface area contributed by atoms with E-state index in [1.54, 1.807) is 0 Å². The molecule has 9 heteroatoms. The van der Waals surface area contributed by atoms with E-state index in [2.05, 4.69) is 25.3 Å². The number of carbonyl (C=O) groups is 2. The van der Waals surface area contributed by atoms with Crippen molar-refractivity contribution in [3.05, 3.63) is 0 Å². The Hall–Kier alpha value is 0.300. The molecule has 95 valence electrons. The van der Waals surface area contributed by atoms with Gasteiger partial charge in [-0.15, -0.1) is 0 Å². The minimum atomic E-state index is -1.28. The monoisotopic (exact) mass is 438 g/mol. The van der Waals surface area contributed by atoms with Crippen LogP contribution < -0.4 is 21.7 Å². The van der Waals surface area contributed by atoms with Crippen LogP contribution in [0, 0.1) is 0 Å². The molecule has 0 saturated carbocycles. The fourth-order valence-corrected chi connectivity index (χ4v) is 0.408. The maximum absolute atomic E-state index is 9.63. The fourth-order valence-electron chi connectivity index (χ4n) is 0.136. The van der Waals surface area contributed by atoms with Crippen LogP contribution in [-0.4, -0.2) is 35.5 Å². The van der Waals surface area contributed by atoms with E-state index in [4.69, 9.17) is 11.5 Å². The van der Waals surface area contributed by atoms with E-state index in [0.29, 0.717) is 0 Å². The van der Waals surface area contributed by atoms with Crippen LogP contribution in [-0.2, 0) is 57.2 Å². The van der Waals surface area contributed by atoms with Crippen molar-refractivity contribution >= 4 is 37.2 Å². The van der Waals surface area contributed by atoms with Crippen molar-refractivity contribution in [3.8, 4) is 0 Å². The summed E-state index contributed by atoms with van der Waals surface area (Å²) in [5, 5.41) is 19.3. The number of aliphatic carboxylic acids is 2. The number of nitrogens with two attached hydrogens (primary N) is 2.